The molecule has 0 bridgehead atoms. The van der Waals surface area contributed by atoms with Crippen molar-refractivity contribution in [2.24, 2.45) is 0 Å². The number of likely N-dealkylation sites (tertiary alicyclic amines) is 1. The van der Waals surface area contributed by atoms with Crippen LogP contribution >= 0.6 is 11.6 Å². The molecule has 2 aliphatic heterocycles. The molecule has 142 valence electrons. The largest absolute Gasteiger partial charge is 0.493 e. The van der Waals surface area contributed by atoms with Crippen molar-refractivity contribution >= 4 is 17.5 Å². The molecule has 5 nitrogen and oxygen atoms in total. The first-order valence-corrected chi connectivity index (χ1v) is 9.36. The Morgan fingerprint density at radius 3 is 2.67 bits per heavy atom. The molecule has 0 aliphatic carbocycles. The zero-order chi connectivity index (χ0) is 19.2. The predicted octanol–water partition coefficient (Wildman–Crippen LogP) is 3.10. The molecule has 0 saturated carbocycles. The van der Waals surface area contributed by atoms with Gasteiger partial charge in [0.15, 0.2) is 11.5 Å². The molecule has 27 heavy (non-hydrogen) atoms. The summed E-state index contributed by atoms with van der Waals surface area (Å²) in [6.07, 6.45) is 0.991. The molecule has 0 radical (unpaired) electrons. The van der Waals surface area contributed by atoms with E-state index >= 15 is 0 Å². The van der Waals surface area contributed by atoms with Crippen LogP contribution in [0.4, 0.5) is 0 Å². The lowest BCUT2D eigenvalue weighted by molar-refractivity contribution is 0.00587. The highest BCUT2D eigenvalue weighted by Gasteiger charge is 2.38. The number of fused-ring (bicyclic) bond motifs is 1. The van der Waals surface area contributed by atoms with E-state index in [1.54, 1.807) is 18.1 Å². The Kier molecular flexibility index (Phi) is 4.52. The van der Waals surface area contributed by atoms with E-state index in [2.05, 4.69) is 6.92 Å². The average Bonchev–Trinajstić information content (AvgIpc) is 2.95. The summed E-state index contributed by atoms with van der Waals surface area (Å²) >= 11 is 5.97. The number of rotatable bonds is 4. The Bertz CT molecular complexity index is 876. The number of hydrogen-bond acceptors (Lipinski definition) is 4. The molecule has 1 amide bonds. The number of aliphatic hydroxyl groups is 1. The zero-order valence-electron chi connectivity index (χ0n) is 15.4. The van der Waals surface area contributed by atoms with Crippen molar-refractivity contribution in [3.05, 3.63) is 58.1 Å². The van der Waals surface area contributed by atoms with Gasteiger partial charge >= 0.3 is 0 Å². The smallest absolute Gasteiger partial charge is 0.254 e. The van der Waals surface area contributed by atoms with E-state index in [0.29, 0.717) is 41.6 Å². The Balaban J connectivity index is 1.58. The number of amides is 1. The maximum absolute atomic E-state index is 12.6. The van der Waals surface area contributed by atoms with Gasteiger partial charge in [-0.05, 0) is 36.8 Å². The second-order valence-electron chi connectivity index (χ2n) is 7.56. The number of carbonyl (C=O) groups excluding carboxylic acids is 1. The van der Waals surface area contributed by atoms with Crippen molar-refractivity contribution in [3.8, 4) is 11.5 Å². The van der Waals surface area contributed by atoms with Crippen molar-refractivity contribution in [1.82, 2.24) is 4.90 Å². The number of methoxy groups -OCH3 is 1. The van der Waals surface area contributed by atoms with Crippen LogP contribution in [0.2, 0.25) is 5.02 Å². The molecule has 0 unspecified atom stereocenters. The minimum atomic E-state index is -0.420. The van der Waals surface area contributed by atoms with E-state index in [1.165, 1.54) is 0 Å². The van der Waals surface area contributed by atoms with Gasteiger partial charge in [-0.1, -0.05) is 23.7 Å². The third-order valence-electron chi connectivity index (χ3n) is 5.15. The summed E-state index contributed by atoms with van der Waals surface area (Å²) < 4.78 is 11.8. The lowest BCUT2D eigenvalue weighted by atomic mass is 9.91. The quantitative estimate of drug-likeness (QED) is 0.875. The Morgan fingerprint density at radius 2 is 2.04 bits per heavy atom. The SMILES string of the molecule is COc1cc(C(=O)N2CC(O)C2)cc2c1O[C@](C)(Cc1ccc(Cl)cc1)C2. The molecule has 1 fully saturated rings. The number of carbonyl (C=O) groups is 1. The molecule has 1 N–H and O–H groups in total. The van der Waals surface area contributed by atoms with Crippen LogP contribution in [0.3, 0.4) is 0 Å². The molecule has 1 atom stereocenters. The lowest BCUT2D eigenvalue weighted by Crippen LogP contribution is -2.53. The van der Waals surface area contributed by atoms with Crippen molar-refractivity contribution in [1.29, 1.82) is 0 Å². The van der Waals surface area contributed by atoms with Crippen LogP contribution in [0.15, 0.2) is 36.4 Å². The molecule has 1 saturated heterocycles. The molecule has 2 aliphatic rings. The molecule has 0 aromatic heterocycles. The second kappa shape index (κ2) is 6.73. The highest BCUT2D eigenvalue weighted by Crippen LogP contribution is 2.44. The monoisotopic (exact) mass is 387 g/mol. The van der Waals surface area contributed by atoms with E-state index in [1.807, 2.05) is 30.3 Å². The molecule has 4 rings (SSSR count). The number of aliphatic hydroxyl groups excluding tert-OH is 1. The third-order valence-corrected chi connectivity index (χ3v) is 5.40. The summed E-state index contributed by atoms with van der Waals surface area (Å²) in [5, 5.41) is 10.2. The molecular formula is C21H22ClNO4. The van der Waals surface area contributed by atoms with Crippen LogP contribution in [-0.2, 0) is 12.8 Å². The molecule has 2 aromatic rings. The summed E-state index contributed by atoms with van der Waals surface area (Å²) in [6.45, 7) is 2.82. The van der Waals surface area contributed by atoms with Crippen molar-refractivity contribution in [2.75, 3.05) is 20.2 Å². The maximum atomic E-state index is 12.6. The zero-order valence-corrected chi connectivity index (χ0v) is 16.1. The van der Waals surface area contributed by atoms with Crippen molar-refractivity contribution in [2.45, 2.75) is 31.5 Å². The van der Waals surface area contributed by atoms with Gasteiger partial charge in [-0.3, -0.25) is 4.79 Å². The summed E-state index contributed by atoms with van der Waals surface area (Å²) in [5.41, 5.74) is 2.25. The highest BCUT2D eigenvalue weighted by molar-refractivity contribution is 6.30. The number of benzene rings is 2. The Morgan fingerprint density at radius 1 is 1.33 bits per heavy atom. The van der Waals surface area contributed by atoms with Crippen LogP contribution in [0, 0.1) is 0 Å². The first-order valence-electron chi connectivity index (χ1n) is 8.98. The third kappa shape index (κ3) is 3.49. The second-order valence-corrected chi connectivity index (χ2v) is 8.00. The van der Waals surface area contributed by atoms with Crippen LogP contribution in [0.25, 0.3) is 0 Å². The fourth-order valence-electron chi connectivity index (χ4n) is 3.80. The number of hydrogen-bond donors (Lipinski definition) is 1. The topological polar surface area (TPSA) is 59.0 Å². The van der Waals surface area contributed by atoms with Crippen molar-refractivity contribution in [3.63, 3.8) is 0 Å². The minimum Gasteiger partial charge on any atom is -0.493 e. The van der Waals surface area contributed by atoms with E-state index in [-0.39, 0.29) is 5.91 Å². The normalized spacial score (nSPS) is 21.4. The number of nitrogens with zero attached hydrogens (tertiary/aromatic N) is 1. The van der Waals surface area contributed by atoms with Gasteiger partial charge in [0.05, 0.1) is 13.2 Å². The lowest BCUT2D eigenvalue weighted by Gasteiger charge is -2.36. The Hall–Kier alpha value is -2.24. The molecule has 2 heterocycles. The number of ether oxygens (including phenoxy) is 2. The van der Waals surface area contributed by atoms with Gasteiger partial charge in [0.1, 0.15) is 5.60 Å². The van der Waals surface area contributed by atoms with Gasteiger partial charge in [0.2, 0.25) is 0 Å². The standard InChI is InChI=1S/C21H22ClNO4/c1-21(9-13-3-5-16(22)6-4-13)10-15-7-14(8-18(26-2)19(15)27-21)20(25)23-11-17(24)12-23/h3-8,17,24H,9-12H2,1-2H3/t21-/m1/s1. The molecule has 2 aromatic carbocycles. The summed E-state index contributed by atoms with van der Waals surface area (Å²) in [7, 11) is 1.58. The first-order chi connectivity index (χ1) is 12.9. The summed E-state index contributed by atoms with van der Waals surface area (Å²) in [4.78, 5) is 14.3. The maximum Gasteiger partial charge on any atom is 0.254 e. The first kappa shape index (κ1) is 18.1. The average molecular weight is 388 g/mol. The Labute approximate surface area is 163 Å². The van der Waals surface area contributed by atoms with E-state index in [4.69, 9.17) is 21.1 Å². The number of β-amino-alcohol motifs (C(OH)–C–C–N with tert-alkyl or cyclic N) is 1. The fourth-order valence-corrected chi connectivity index (χ4v) is 3.93. The molecule has 6 heteroatoms. The fraction of sp³-hybridized carbons (Fsp3) is 0.381. The summed E-state index contributed by atoms with van der Waals surface area (Å²) in [6, 6.07) is 11.4. The highest BCUT2D eigenvalue weighted by atomic mass is 35.5. The predicted molar refractivity (Wildman–Crippen MR) is 103 cm³/mol. The van der Waals surface area contributed by atoms with E-state index in [9.17, 15) is 9.90 Å². The van der Waals surface area contributed by atoms with E-state index in [0.717, 1.165) is 17.5 Å². The van der Waals surface area contributed by atoms with Gasteiger partial charge < -0.3 is 19.5 Å². The molecule has 0 spiro atoms. The van der Waals surface area contributed by atoms with Gasteiger partial charge in [-0.15, -0.1) is 0 Å². The molecular weight excluding hydrogens is 366 g/mol. The van der Waals surface area contributed by atoms with Crippen LogP contribution < -0.4 is 9.47 Å². The van der Waals surface area contributed by atoms with Gasteiger partial charge in [0, 0.05) is 42.1 Å². The summed E-state index contributed by atoms with van der Waals surface area (Å²) in [5.74, 6) is 1.18. The van der Waals surface area contributed by atoms with Crippen LogP contribution in [0.5, 0.6) is 11.5 Å². The van der Waals surface area contributed by atoms with Gasteiger partial charge in [-0.25, -0.2) is 0 Å². The van der Waals surface area contributed by atoms with Crippen LogP contribution in [-0.4, -0.2) is 47.8 Å². The van der Waals surface area contributed by atoms with Gasteiger partial charge in [0.25, 0.3) is 5.91 Å². The number of halogens is 1. The van der Waals surface area contributed by atoms with Crippen LogP contribution in [0.1, 0.15) is 28.4 Å². The van der Waals surface area contributed by atoms with Crippen molar-refractivity contribution < 1.29 is 19.4 Å². The van der Waals surface area contributed by atoms with Gasteiger partial charge in [-0.2, -0.15) is 0 Å². The minimum absolute atomic E-state index is 0.0901. The van der Waals surface area contributed by atoms with E-state index < -0.39 is 11.7 Å².